The Kier molecular flexibility index (Phi) is 6.28. The Morgan fingerprint density at radius 2 is 1.62 bits per heavy atom. The van der Waals surface area contributed by atoms with Crippen molar-refractivity contribution in [2.24, 2.45) is 0 Å². The van der Waals surface area contributed by atoms with Gasteiger partial charge in [0.2, 0.25) is 5.91 Å². The van der Waals surface area contributed by atoms with Gasteiger partial charge in [-0.05, 0) is 48.7 Å². The van der Waals surface area contributed by atoms with Crippen LogP contribution in [0.3, 0.4) is 0 Å². The van der Waals surface area contributed by atoms with Crippen LogP contribution in [0, 0.1) is 6.92 Å². The third-order valence-corrected chi connectivity index (χ3v) is 4.26. The fourth-order valence-electron chi connectivity index (χ4n) is 2.90. The number of carbonyl (C=O) groups is 1. The molecule has 0 aliphatic carbocycles. The molecule has 1 amide bonds. The maximum atomic E-state index is 12.4. The van der Waals surface area contributed by atoms with Crippen molar-refractivity contribution in [3.05, 3.63) is 83.7 Å². The summed E-state index contributed by atoms with van der Waals surface area (Å²) in [5.74, 6) is 1.64. The molecule has 0 fully saturated rings. The molecule has 136 valence electrons. The molecule has 0 aliphatic rings. The SMILES string of the molecule is Cc1ccccc1CCNC(=O)CN(Cc1ccco1)Cc1ccco1. The van der Waals surface area contributed by atoms with Gasteiger partial charge >= 0.3 is 0 Å². The molecule has 2 heterocycles. The fourth-order valence-corrected chi connectivity index (χ4v) is 2.90. The predicted octanol–water partition coefficient (Wildman–Crippen LogP) is 3.54. The van der Waals surface area contributed by atoms with Crippen molar-refractivity contribution in [1.82, 2.24) is 10.2 Å². The van der Waals surface area contributed by atoms with E-state index >= 15 is 0 Å². The van der Waals surface area contributed by atoms with Gasteiger partial charge in [0, 0.05) is 6.54 Å². The van der Waals surface area contributed by atoms with E-state index in [0.29, 0.717) is 19.6 Å². The Hall–Kier alpha value is -2.79. The first kappa shape index (κ1) is 18.0. The van der Waals surface area contributed by atoms with E-state index in [1.807, 2.05) is 41.3 Å². The van der Waals surface area contributed by atoms with Gasteiger partial charge in [0.15, 0.2) is 0 Å². The molecule has 0 atom stereocenters. The van der Waals surface area contributed by atoms with Gasteiger partial charge < -0.3 is 14.2 Å². The lowest BCUT2D eigenvalue weighted by atomic mass is 10.1. The highest BCUT2D eigenvalue weighted by molar-refractivity contribution is 5.78. The first-order chi connectivity index (χ1) is 12.7. The maximum absolute atomic E-state index is 12.4. The van der Waals surface area contributed by atoms with Crippen molar-refractivity contribution in [2.45, 2.75) is 26.4 Å². The first-order valence-electron chi connectivity index (χ1n) is 8.79. The second-order valence-electron chi connectivity index (χ2n) is 6.33. The highest BCUT2D eigenvalue weighted by Crippen LogP contribution is 2.11. The summed E-state index contributed by atoms with van der Waals surface area (Å²) in [6.45, 7) is 4.11. The largest absolute Gasteiger partial charge is 0.468 e. The van der Waals surface area contributed by atoms with Gasteiger partial charge in [-0.2, -0.15) is 0 Å². The lowest BCUT2D eigenvalue weighted by Gasteiger charge is -2.19. The number of hydrogen-bond donors (Lipinski definition) is 1. The molecule has 1 aromatic carbocycles. The molecule has 3 aromatic rings. The Bertz CT molecular complexity index is 758. The quantitative estimate of drug-likeness (QED) is 0.640. The summed E-state index contributed by atoms with van der Waals surface area (Å²) >= 11 is 0. The van der Waals surface area contributed by atoms with Crippen LogP contribution in [0.5, 0.6) is 0 Å². The van der Waals surface area contributed by atoms with E-state index in [4.69, 9.17) is 8.83 Å². The smallest absolute Gasteiger partial charge is 0.234 e. The van der Waals surface area contributed by atoms with Crippen molar-refractivity contribution in [3.63, 3.8) is 0 Å². The van der Waals surface area contributed by atoms with E-state index in [9.17, 15) is 4.79 Å². The van der Waals surface area contributed by atoms with Crippen LogP contribution < -0.4 is 5.32 Å². The minimum atomic E-state index is -0.00306. The number of benzene rings is 1. The molecular formula is C21H24N2O3. The minimum Gasteiger partial charge on any atom is -0.468 e. The number of amides is 1. The summed E-state index contributed by atoms with van der Waals surface area (Å²) in [6, 6.07) is 15.8. The standard InChI is InChI=1S/C21H24N2O3/c1-17-6-2-3-7-18(17)10-11-22-21(24)16-23(14-19-8-4-12-25-19)15-20-9-5-13-26-20/h2-9,12-13H,10-11,14-16H2,1H3,(H,22,24). The molecule has 2 aromatic heterocycles. The monoisotopic (exact) mass is 352 g/mol. The van der Waals surface area contributed by atoms with Crippen LogP contribution in [0.2, 0.25) is 0 Å². The van der Waals surface area contributed by atoms with Crippen LogP contribution >= 0.6 is 0 Å². The third kappa shape index (κ3) is 5.36. The molecule has 0 saturated carbocycles. The number of nitrogens with zero attached hydrogens (tertiary/aromatic N) is 1. The fraction of sp³-hybridized carbons (Fsp3) is 0.286. The normalized spacial score (nSPS) is 11.0. The minimum absolute atomic E-state index is 0.00306. The van der Waals surface area contributed by atoms with Gasteiger partial charge in [0.25, 0.3) is 0 Å². The van der Waals surface area contributed by atoms with E-state index in [2.05, 4.69) is 24.4 Å². The third-order valence-electron chi connectivity index (χ3n) is 4.26. The van der Waals surface area contributed by atoms with Gasteiger partial charge in [0.05, 0.1) is 32.2 Å². The van der Waals surface area contributed by atoms with E-state index < -0.39 is 0 Å². The average molecular weight is 352 g/mol. The molecular weight excluding hydrogens is 328 g/mol. The Morgan fingerprint density at radius 1 is 0.962 bits per heavy atom. The zero-order chi connectivity index (χ0) is 18.2. The number of nitrogens with one attached hydrogen (secondary N) is 1. The molecule has 26 heavy (non-hydrogen) atoms. The van der Waals surface area contributed by atoms with E-state index in [0.717, 1.165) is 17.9 Å². The number of furan rings is 2. The van der Waals surface area contributed by atoms with Gasteiger partial charge in [-0.3, -0.25) is 9.69 Å². The topological polar surface area (TPSA) is 58.6 Å². The van der Waals surface area contributed by atoms with Gasteiger partial charge in [0.1, 0.15) is 11.5 Å². The molecule has 3 rings (SSSR count). The summed E-state index contributed by atoms with van der Waals surface area (Å²) in [6.07, 6.45) is 4.11. The number of hydrogen-bond acceptors (Lipinski definition) is 4. The Morgan fingerprint density at radius 3 is 2.19 bits per heavy atom. The van der Waals surface area contributed by atoms with Gasteiger partial charge in [-0.15, -0.1) is 0 Å². The Labute approximate surface area is 153 Å². The van der Waals surface area contributed by atoms with Gasteiger partial charge in [-0.25, -0.2) is 0 Å². The number of rotatable bonds is 9. The zero-order valence-electron chi connectivity index (χ0n) is 15.0. The lowest BCUT2D eigenvalue weighted by molar-refractivity contribution is -0.122. The molecule has 0 radical (unpaired) electrons. The summed E-state index contributed by atoms with van der Waals surface area (Å²) in [7, 11) is 0. The average Bonchev–Trinajstić information content (AvgIpc) is 3.30. The zero-order valence-corrected chi connectivity index (χ0v) is 15.0. The number of carbonyl (C=O) groups excluding carboxylic acids is 1. The van der Waals surface area contributed by atoms with Crippen LogP contribution in [-0.2, 0) is 24.3 Å². The maximum Gasteiger partial charge on any atom is 0.234 e. The second kappa shape index (κ2) is 9.06. The summed E-state index contributed by atoms with van der Waals surface area (Å²) in [5.41, 5.74) is 2.51. The van der Waals surface area contributed by atoms with Crippen molar-refractivity contribution < 1.29 is 13.6 Å². The molecule has 0 aliphatic heterocycles. The lowest BCUT2D eigenvalue weighted by Crippen LogP contribution is -2.37. The van der Waals surface area contributed by atoms with Crippen LogP contribution in [0.15, 0.2) is 69.9 Å². The highest BCUT2D eigenvalue weighted by atomic mass is 16.3. The van der Waals surface area contributed by atoms with Crippen LogP contribution in [0.4, 0.5) is 0 Å². The summed E-state index contributed by atoms with van der Waals surface area (Å²) in [5, 5.41) is 3.01. The van der Waals surface area contributed by atoms with Crippen LogP contribution in [0.25, 0.3) is 0 Å². The molecule has 0 spiro atoms. The van der Waals surface area contributed by atoms with Crippen molar-refractivity contribution in [3.8, 4) is 0 Å². The molecule has 0 saturated heterocycles. The second-order valence-corrected chi connectivity index (χ2v) is 6.33. The highest BCUT2D eigenvalue weighted by Gasteiger charge is 2.14. The predicted molar refractivity (Wildman–Crippen MR) is 99.4 cm³/mol. The van der Waals surface area contributed by atoms with Crippen molar-refractivity contribution >= 4 is 5.91 Å². The molecule has 5 heteroatoms. The Balaban J connectivity index is 1.51. The summed E-state index contributed by atoms with van der Waals surface area (Å²) < 4.78 is 10.8. The summed E-state index contributed by atoms with van der Waals surface area (Å²) in [4.78, 5) is 14.4. The van der Waals surface area contributed by atoms with Crippen LogP contribution in [-0.4, -0.2) is 23.9 Å². The molecule has 1 N–H and O–H groups in total. The number of aryl methyl sites for hydroxylation is 1. The van der Waals surface area contributed by atoms with Crippen molar-refractivity contribution in [1.29, 1.82) is 0 Å². The van der Waals surface area contributed by atoms with E-state index in [1.54, 1.807) is 12.5 Å². The van der Waals surface area contributed by atoms with E-state index in [1.165, 1.54) is 11.1 Å². The molecule has 5 nitrogen and oxygen atoms in total. The van der Waals surface area contributed by atoms with Crippen molar-refractivity contribution in [2.75, 3.05) is 13.1 Å². The van der Waals surface area contributed by atoms with E-state index in [-0.39, 0.29) is 12.5 Å². The van der Waals surface area contributed by atoms with Gasteiger partial charge in [-0.1, -0.05) is 24.3 Å². The molecule has 0 bridgehead atoms. The first-order valence-corrected chi connectivity index (χ1v) is 8.79. The van der Waals surface area contributed by atoms with Crippen LogP contribution in [0.1, 0.15) is 22.6 Å². The molecule has 0 unspecified atom stereocenters.